The first-order chi connectivity index (χ1) is 12.3. The summed E-state index contributed by atoms with van der Waals surface area (Å²) in [4.78, 5) is 16.0. The molecule has 4 heterocycles. The lowest BCUT2D eigenvalue weighted by Crippen LogP contribution is -2.10. The zero-order valence-electron chi connectivity index (χ0n) is 13.7. The molecule has 0 amide bonds. The number of nitrogens with one attached hydrogen (secondary N) is 1. The van der Waals surface area contributed by atoms with E-state index in [1.807, 2.05) is 41.6 Å². The molecule has 6 nitrogen and oxygen atoms in total. The summed E-state index contributed by atoms with van der Waals surface area (Å²) in [5.41, 5.74) is 4.44. The van der Waals surface area contributed by atoms with Gasteiger partial charge in [0.15, 0.2) is 0 Å². The molecule has 0 spiro atoms. The molecule has 4 aromatic rings. The monoisotopic (exact) mass is 328 g/mol. The molecule has 122 valence electrons. The minimum absolute atomic E-state index is 0.0677. The normalized spacial score (nSPS) is 12.2. The predicted molar refractivity (Wildman–Crippen MR) is 95.7 cm³/mol. The fourth-order valence-corrected chi connectivity index (χ4v) is 3.03. The van der Waals surface area contributed by atoms with E-state index in [1.54, 1.807) is 12.5 Å². The van der Waals surface area contributed by atoms with Crippen molar-refractivity contribution < 1.29 is 0 Å². The molecular formula is C19H16N6. The van der Waals surface area contributed by atoms with Crippen LogP contribution in [0, 0.1) is 12.3 Å². The van der Waals surface area contributed by atoms with Crippen LogP contribution in [0.5, 0.6) is 0 Å². The van der Waals surface area contributed by atoms with Gasteiger partial charge in [-0.25, -0.2) is 9.97 Å². The highest BCUT2D eigenvalue weighted by Gasteiger charge is 2.16. The number of H-pyrrole nitrogens is 1. The van der Waals surface area contributed by atoms with E-state index in [0.29, 0.717) is 0 Å². The van der Waals surface area contributed by atoms with Gasteiger partial charge in [0.1, 0.15) is 12.0 Å². The quantitative estimate of drug-likeness (QED) is 0.584. The summed E-state index contributed by atoms with van der Waals surface area (Å²) in [5.74, 6) is 2.63. The van der Waals surface area contributed by atoms with Gasteiger partial charge in [-0.15, -0.1) is 6.42 Å². The molecule has 25 heavy (non-hydrogen) atoms. The van der Waals surface area contributed by atoms with Crippen LogP contribution in [0.15, 0.2) is 49.4 Å². The highest BCUT2D eigenvalue weighted by atomic mass is 15.3. The van der Waals surface area contributed by atoms with Crippen LogP contribution in [0.1, 0.15) is 30.5 Å². The fourth-order valence-electron chi connectivity index (χ4n) is 3.03. The van der Waals surface area contributed by atoms with Gasteiger partial charge in [-0.05, 0) is 24.1 Å². The second-order valence-electron chi connectivity index (χ2n) is 5.75. The van der Waals surface area contributed by atoms with Gasteiger partial charge in [0, 0.05) is 41.3 Å². The topological polar surface area (TPSA) is 72.3 Å². The van der Waals surface area contributed by atoms with Crippen molar-refractivity contribution in [1.82, 2.24) is 29.7 Å². The van der Waals surface area contributed by atoms with Crippen LogP contribution in [0.3, 0.4) is 0 Å². The van der Waals surface area contributed by atoms with Crippen molar-refractivity contribution in [3.63, 3.8) is 0 Å². The number of rotatable bonds is 4. The molecule has 4 rings (SSSR count). The molecule has 4 aromatic heterocycles. The Morgan fingerprint density at radius 2 is 2.20 bits per heavy atom. The second kappa shape index (κ2) is 6.21. The highest BCUT2D eigenvalue weighted by molar-refractivity contribution is 5.89. The third-order valence-corrected chi connectivity index (χ3v) is 4.25. The lowest BCUT2D eigenvalue weighted by molar-refractivity contribution is 0.508. The van der Waals surface area contributed by atoms with E-state index < -0.39 is 0 Å². The van der Waals surface area contributed by atoms with E-state index in [0.717, 1.165) is 39.8 Å². The molecule has 0 aliphatic heterocycles. The summed E-state index contributed by atoms with van der Waals surface area (Å²) < 4.78 is 1.94. The molecule has 0 saturated carbocycles. The van der Waals surface area contributed by atoms with E-state index in [-0.39, 0.29) is 6.04 Å². The van der Waals surface area contributed by atoms with Crippen LogP contribution in [0.4, 0.5) is 0 Å². The Labute approximate surface area is 145 Å². The summed E-state index contributed by atoms with van der Waals surface area (Å²) in [7, 11) is 0. The average Bonchev–Trinajstić information content (AvgIpc) is 3.32. The van der Waals surface area contributed by atoms with E-state index in [9.17, 15) is 0 Å². The Hall–Kier alpha value is -3.46. The lowest BCUT2D eigenvalue weighted by atomic mass is 10.1. The van der Waals surface area contributed by atoms with Crippen LogP contribution in [-0.2, 0) is 0 Å². The van der Waals surface area contributed by atoms with Gasteiger partial charge >= 0.3 is 0 Å². The summed E-state index contributed by atoms with van der Waals surface area (Å²) in [6.45, 7) is 2.11. The Kier molecular flexibility index (Phi) is 3.75. The summed E-state index contributed by atoms with van der Waals surface area (Å²) >= 11 is 0. The largest absolute Gasteiger partial charge is 0.346 e. The molecule has 0 aliphatic rings. The number of terminal acetylenes is 1. The van der Waals surface area contributed by atoms with Gasteiger partial charge in [0.05, 0.1) is 17.9 Å². The van der Waals surface area contributed by atoms with Crippen LogP contribution < -0.4 is 0 Å². The molecule has 0 radical (unpaired) electrons. The van der Waals surface area contributed by atoms with Crippen LogP contribution >= 0.6 is 0 Å². The highest BCUT2D eigenvalue weighted by Crippen LogP contribution is 2.27. The van der Waals surface area contributed by atoms with Crippen molar-refractivity contribution in [2.75, 3.05) is 0 Å². The van der Waals surface area contributed by atoms with E-state index in [2.05, 4.69) is 37.9 Å². The number of fused-ring (bicyclic) bond motifs is 1. The smallest absolute Gasteiger partial charge is 0.141 e. The fraction of sp³-hybridized carbons (Fsp3) is 0.158. The van der Waals surface area contributed by atoms with Crippen molar-refractivity contribution in [3.05, 3.63) is 60.6 Å². The summed E-state index contributed by atoms with van der Waals surface area (Å²) in [6, 6.07) is 4.02. The van der Waals surface area contributed by atoms with Crippen molar-refractivity contribution in [2.24, 2.45) is 0 Å². The van der Waals surface area contributed by atoms with Crippen molar-refractivity contribution >= 4 is 11.0 Å². The third kappa shape index (κ3) is 2.66. The maximum atomic E-state index is 5.49. The number of aromatic amines is 1. The molecule has 1 atom stereocenters. The average molecular weight is 328 g/mol. The lowest BCUT2D eigenvalue weighted by Gasteiger charge is -2.15. The van der Waals surface area contributed by atoms with Crippen molar-refractivity contribution in [1.29, 1.82) is 0 Å². The SMILES string of the molecule is C#Cc1cncc(C(CC)n2cc(-c3ncnc4[nH]ccc34)cn2)c1. The maximum absolute atomic E-state index is 5.49. The van der Waals surface area contributed by atoms with E-state index >= 15 is 0 Å². The van der Waals surface area contributed by atoms with Crippen molar-refractivity contribution in [3.8, 4) is 23.6 Å². The first kappa shape index (κ1) is 15.1. The Balaban J connectivity index is 1.75. The predicted octanol–water partition coefficient (Wildman–Crippen LogP) is 3.20. The van der Waals surface area contributed by atoms with Crippen LogP contribution in [0.25, 0.3) is 22.3 Å². The molecule has 6 heteroatoms. The molecule has 0 aliphatic carbocycles. The van der Waals surface area contributed by atoms with E-state index in [1.165, 1.54) is 0 Å². The summed E-state index contributed by atoms with van der Waals surface area (Å²) in [5, 5.41) is 5.53. The zero-order valence-corrected chi connectivity index (χ0v) is 13.7. The minimum atomic E-state index is 0.0677. The molecule has 0 bridgehead atoms. The number of hydrogen-bond acceptors (Lipinski definition) is 4. The molecule has 0 aromatic carbocycles. The molecule has 0 saturated heterocycles. The van der Waals surface area contributed by atoms with E-state index in [4.69, 9.17) is 6.42 Å². The number of hydrogen-bond donors (Lipinski definition) is 1. The maximum Gasteiger partial charge on any atom is 0.141 e. The second-order valence-corrected chi connectivity index (χ2v) is 5.75. The Morgan fingerprint density at radius 3 is 3.04 bits per heavy atom. The van der Waals surface area contributed by atoms with Crippen LogP contribution in [0.2, 0.25) is 0 Å². The summed E-state index contributed by atoms with van der Waals surface area (Å²) in [6.07, 6.45) is 17.1. The van der Waals surface area contributed by atoms with Gasteiger partial charge in [-0.2, -0.15) is 5.10 Å². The molecule has 0 fully saturated rings. The molecule has 1 unspecified atom stereocenters. The standard InChI is InChI=1S/C19H16N6/c1-3-13-7-14(9-20-8-13)17(4-2)25-11-15(10-24-25)18-16-5-6-21-19(16)23-12-22-18/h1,5-12,17H,4H2,2H3,(H,21,22,23). The van der Waals surface area contributed by atoms with Gasteiger partial charge in [-0.3, -0.25) is 9.67 Å². The Bertz CT molecular complexity index is 1070. The van der Waals surface area contributed by atoms with Crippen molar-refractivity contribution in [2.45, 2.75) is 19.4 Å². The van der Waals surface area contributed by atoms with Gasteiger partial charge in [0.25, 0.3) is 0 Å². The third-order valence-electron chi connectivity index (χ3n) is 4.25. The first-order valence-corrected chi connectivity index (χ1v) is 8.04. The molecule has 1 N–H and O–H groups in total. The first-order valence-electron chi connectivity index (χ1n) is 8.04. The minimum Gasteiger partial charge on any atom is -0.346 e. The number of aromatic nitrogens is 6. The number of nitrogens with zero attached hydrogens (tertiary/aromatic N) is 5. The van der Waals surface area contributed by atoms with Gasteiger partial charge in [0.2, 0.25) is 0 Å². The van der Waals surface area contributed by atoms with Crippen LogP contribution in [-0.4, -0.2) is 29.7 Å². The van der Waals surface area contributed by atoms with Gasteiger partial charge in [-0.1, -0.05) is 12.8 Å². The van der Waals surface area contributed by atoms with Gasteiger partial charge < -0.3 is 4.98 Å². The zero-order chi connectivity index (χ0) is 17.2. The Morgan fingerprint density at radius 1 is 1.28 bits per heavy atom. The molecular weight excluding hydrogens is 312 g/mol. The number of pyridine rings is 1.